The lowest BCUT2D eigenvalue weighted by Gasteiger charge is -2.19. The van der Waals surface area contributed by atoms with Gasteiger partial charge < -0.3 is 19.8 Å². The van der Waals surface area contributed by atoms with Crippen LogP contribution in [-0.2, 0) is 9.59 Å². The third-order valence-electron chi connectivity index (χ3n) is 5.63. The Hall–Kier alpha value is -3.54. The molecule has 0 aliphatic rings. The van der Waals surface area contributed by atoms with Gasteiger partial charge in [0.2, 0.25) is 11.8 Å². The van der Waals surface area contributed by atoms with Gasteiger partial charge in [-0.1, -0.05) is 12.1 Å². The van der Waals surface area contributed by atoms with Crippen molar-refractivity contribution in [3.63, 3.8) is 0 Å². The highest BCUT2D eigenvalue weighted by Crippen LogP contribution is 2.23. The number of amides is 2. The molecule has 0 aliphatic carbocycles. The summed E-state index contributed by atoms with van der Waals surface area (Å²) in [6.45, 7) is 0. The molecule has 0 aliphatic heterocycles. The minimum atomic E-state index is 0.0545. The fourth-order valence-corrected chi connectivity index (χ4v) is 3.66. The molecule has 154 valence electrons. The monoisotopic (exact) mass is 402 g/mol. The quantitative estimate of drug-likeness (QED) is 0.434. The summed E-state index contributed by atoms with van der Waals surface area (Å²) in [4.78, 5) is 34.8. The van der Waals surface area contributed by atoms with Crippen molar-refractivity contribution in [1.29, 1.82) is 0 Å². The summed E-state index contributed by atoms with van der Waals surface area (Å²) in [5.74, 6) is 0.109. The largest absolute Gasteiger partial charge is 0.361 e. The summed E-state index contributed by atoms with van der Waals surface area (Å²) < 4.78 is 0. The molecular formula is C24H26N4O2. The van der Waals surface area contributed by atoms with Crippen LogP contribution in [0.15, 0.2) is 60.9 Å². The van der Waals surface area contributed by atoms with E-state index >= 15 is 0 Å². The van der Waals surface area contributed by atoms with Crippen LogP contribution < -0.4 is 9.80 Å². The molecule has 0 saturated carbocycles. The number of carbonyl (C=O) groups excluding carboxylic acids is 2. The maximum Gasteiger partial charge on any atom is 0.226 e. The molecule has 2 amide bonds. The first kappa shape index (κ1) is 19.8. The third kappa shape index (κ3) is 4.08. The molecule has 0 saturated heterocycles. The van der Waals surface area contributed by atoms with E-state index in [1.54, 1.807) is 23.9 Å². The molecule has 2 aromatic carbocycles. The number of carbonyl (C=O) groups is 2. The van der Waals surface area contributed by atoms with Crippen LogP contribution in [0.1, 0.15) is 25.7 Å². The molecule has 2 heterocycles. The van der Waals surface area contributed by atoms with E-state index in [1.165, 1.54) is 0 Å². The number of benzene rings is 2. The Morgan fingerprint density at radius 2 is 1.13 bits per heavy atom. The van der Waals surface area contributed by atoms with Crippen LogP contribution in [0.25, 0.3) is 21.8 Å². The van der Waals surface area contributed by atoms with E-state index in [9.17, 15) is 9.59 Å². The number of unbranched alkanes of at least 4 members (excludes halogenated alkanes) is 1. The van der Waals surface area contributed by atoms with Gasteiger partial charge in [0.1, 0.15) is 0 Å². The van der Waals surface area contributed by atoms with Gasteiger partial charge in [-0.3, -0.25) is 9.59 Å². The van der Waals surface area contributed by atoms with Gasteiger partial charge in [-0.2, -0.15) is 0 Å². The second-order valence-electron chi connectivity index (χ2n) is 7.61. The number of anilines is 2. The standard InChI is InChI=1S/C24H26N4O2/c1-27(19-9-7-17-11-13-25-21(17)15-19)23(29)5-3-4-6-24(30)28(2)20-10-8-18-12-14-26-22(18)16-20/h7-16,25-26H,3-6H2,1-2H3. The molecule has 4 aromatic rings. The van der Waals surface area contributed by atoms with Crippen molar-refractivity contribution in [2.75, 3.05) is 23.9 Å². The molecule has 0 atom stereocenters. The highest BCUT2D eigenvalue weighted by atomic mass is 16.2. The zero-order valence-electron chi connectivity index (χ0n) is 17.3. The van der Waals surface area contributed by atoms with Crippen molar-refractivity contribution >= 4 is 45.0 Å². The van der Waals surface area contributed by atoms with Gasteiger partial charge in [0.25, 0.3) is 0 Å². The molecule has 2 N–H and O–H groups in total. The predicted molar refractivity (Wildman–Crippen MR) is 122 cm³/mol. The van der Waals surface area contributed by atoms with Gasteiger partial charge in [0.15, 0.2) is 0 Å². The summed E-state index contributed by atoms with van der Waals surface area (Å²) in [7, 11) is 3.59. The van der Waals surface area contributed by atoms with Crippen LogP contribution in [0.5, 0.6) is 0 Å². The number of aromatic amines is 2. The van der Waals surface area contributed by atoms with Crippen molar-refractivity contribution < 1.29 is 9.59 Å². The number of hydrogen-bond acceptors (Lipinski definition) is 2. The second kappa shape index (κ2) is 8.45. The third-order valence-corrected chi connectivity index (χ3v) is 5.63. The second-order valence-corrected chi connectivity index (χ2v) is 7.61. The SMILES string of the molecule is CN(C(=O)CCCCC(=O)N(C)c1ccc2cc[nH]c2c1)c1ccc2cc[nH]c2c1. The summed E-state index contributed by atoms with van der Waals surface area (Å²) >= 11 is 0. The van der Waals surface area contributed by atoms with Crippen molar-refractivity contribution in [2.24, 2.45) is 0 Å². The van der Waals surface area contributed by atoms with Gasteiger partial charge in [-0.15, -0.1) is 0 Å². The van der Waals surface area contributed by atoms with Crippen molar-refractivity contribution in [3.8, 4) is 0 Å². The number of fused-ring (bicyclic) bond motifs is 2. The van der Waals surface area contributed by atoms with Gasteiger partial charge in [-0.05, 0) is 60.0 Å². The number of nitrogens with one attached hydrogen (secondary N) is 2. The fourth-order valence-electron chi connectivity index (χ4n) is 3.66. The molecule has 6 nitrogen and oxygen atoms in total. The molecule has 4 rings (SSSR count). The molecule has 6 heteroatoms. The number of aromatic nitrogens is 2. The van der Waals surface area contributed by atoms with E-state index in [0.717, 1.165) is 33.2 Å². The first-order valence-electron chi connectivity index (χ1n) is 10.2. The highest BCUT2D eigenvalue weighted by Gasteiger charge is 2.14. The van der Waals surface area contributed by atoms with E-state index < -0.39 is 0 Å². The zero-order chi connectivity index (χ0) is 21.1. The van der Waals surface area contributed by atoms with Crippen LogP contribution in [0.2, 0.25) is 0 Å². The fraction of sp³-hybridized carbons (Fsp3) is 0.250. The molecule has 0 unspecified atom stereocenters. The zero-order valence-corrected chi connectivity index (χ0v) is 17.3. The average Bonchev–Trinajstić information content (AvgIpc) is 3.43. The van der Waals surface area contributed by atoms with Crippen molar-refractivity contribution in [3.05, 3.63) is 60.9 Å². The van der Waals surface area contributed by atoms with Gasteiger partial charge in [-0.25, -0.2) is 0 Å². The lowest BCUT2D eigenvalue weighted by Crippen LogP contribution is -2.27. The number of rotatable bonds is 7. The summed E-state index contributed by atoms with van der Waals surface area (Å²) in [6.07, 6.45) is 5.99. The normalized spacial score (nSPS) is 11.1. The van der Waals surface area contributed by atoms with E-state index in [2.05, 4.69) is 9.97 Å². The lowest BCUT2D eigenvalue weighted by atomic mass is 10.1. The van der Waals surface area contributed by atoms with Crippen LogP contribution in [0.4, 0.5) is 11.4 Å². The van der Waals surface area contributed by atoms with E-state index in [-0.39, 0.29) is 11.8 Å². The van der Waals surface area contributed by atoms with E-state index in [1.807, 2.05) is 60.9 Å². The van der Waals surface area contributed by atoms with Crippen LogP contribution in [0, 0.1) is 0 Å². The maximum absolute atomic E-state index is 12.5. The molecular weight excluding hydrogens is 376 g/mol. The first-order chi connectivity index (χ1) is 14.5. The van der Waals surface area contributed by atoms with Gasteiger partial charge in [0.05, 0.1) is 0 Å². The highest BCUT2D eigenvalue weighted by molar-refractivity contribution is 5.96. The number of nitrogens with zero attached hydrogens (tertiary/aromatic N) is 2. The Bertz CT molecular complexity index is 1100. The molecule has 2 aromatic heterocycles. The Labute approximate surface area is 175 Å². The molecule has 0 bridgehead atoms. The Morgan fingerprint density at radius 3 is 1.57 bits per heavy atom. The maximum atomic E-state index is 12.5. The first-order valence-corrected chi connectivity index (χ1v) is 10.2. The van der Waals surface area contributed by atoms with Crippen molar-refractivity contribution in [1.82, 2.24) is 9.97 Å². The minimum Gasteiger partial charge on any atom is -0.361 e. The summed E-state index contributed by atoms with van der Waals surface area (Å²) in [6, 6.07) is 15.9. The Morgan fingerprint density at radius 1 is 0.700 bits per heavy atom. The lowest BCUT2D eigenvalue weighted by molar-refractivity contribution is -0.120. The molecule has 0 fully saturated rings. The van der Waals surface area contributed by atoms with Crippen molar-refractivity contribution in [2.45, 2.75) is 25.7 Å². The summed E-state index contributed by atoms with van der Waals surface area (Å²) in [5.41, 5.74) is 3.76. The van der Waals surface area contributed by atoms with Crippen LogP contribution in [0.3, 0.4) is 0 Å². The predicted octanol–water partition coefficient (Wildman–Crippen LogP) is 4.84. The van der Waals surface area contributed by atoms with E-state index in [0.29, 0.717) is 25.7 Å². The average molecular weight is 402 g/mol. The Kier molecular flexibility index (Phi) is 5.57. The van der Waals surface area contributed by atoms with E-state index in [4.69, 9.17) is 0 Å². The molecule has 0 spiro atoms. The molecule has 30 heavy (non-hydrogen) atoms. The van der Waals surface area contributed by atoms with Gasteiger partial charge in [0, 0.05) is 61.7 Å². The summed E-state index contributed by atoms with van der Waals surface area (Å²) in [5, 5.41) is 2.25. The van der Waals surface area contributed by atoms with Gasteiger partial charge >= 0.3 is 0 Å². The number of hydrogen-bond donors (Lipinski definition) is 2. The topological polar surface area (TPSA) is 72.2 Å². The molecule has 0 radical (unpaired) electrons. The Balaban J connectivity index is 1.26. The van der Waals surface area contributed by atoms with Crippen LogP contribution in [-0.4, -0.2) is 35.9 Å². The minimum absolute atomic E-state index is 0.0545. The smallest absolute Gasteiger partial charge is 0.226 e. The number of H-pyrrole nitrogens is 2. The van der Waals surface area contributed by atoms with Crippen LogP contribution >= 0.6 is 0 Å².